The molecular weight excluding hydrogens is 284 g/mol. The number of likely N-dealkylation sites (tertiary alicyclic amines) is 1. The van der Waals surface area contributed by atoms with Gasteiger partial charge in [-0.15, -0.1) is 0 Å². The molecule has 1 aliphatic rings. The van der Waals surface area contributed by atoms with E-state index >= 15 is 0 Å². The number of methoxy groups -OCH3 is 1. The minimum absolute atomic E-state index is 0.0553. The first-order valence-electron chi connectivity index (χ1n) is 7.33. The van der Waals surface area contributed by atoms with Crippen LogP contribution >= 0.6 is 0 Å². The van der Waals surface area contributed by atoms with Crippen molar-refractivity contribution in [2.75, 3.05) is 13.7 Å². The highest BCUT2D eigenvalue weighted by Gasteiger charge is 2.30. The summed E-state index contributed by atoms with van der Waals surface area (Å²) in [6.07, 6.45) is 6.08. The molecule has 7 nitrogen and oxygen atoms in total. The number of aryl methyl sites for hydroxylation is 1. The summed E-state index contributed by atoms with van der Waals surface area (Å²) in [5.41, 5.74) is 0.905. The van der Waals surface area contributed by atoms with Gasteiger partial charge < -0.3 is 14.2 Å². The number of carbonyl (C=O) groups excluding carboxylic acids is 1. The van der Waals surface area contributed by atoms with E-state index in [1.807, 2.05) is 11.0 Å². The smallest absolute Gasteiger partial charge is 0.254 e. The third kappa shape index (κ3) is 3.08. The van der Waals surface area contributed by atoms with Crippen LogP contribution in [0.5, 0.6) is 5.88 Å². The lowest BCUT2D eigenvalue weighted by atomic mass is 10.1. The van der Waals surface area contributed by atoms with Crippen molar-refractivity contribution in [2.45, 2.75) is 31.7 Å². The van der Waals surface area contributed by atoms with Crippen LogP contribution in [0.2, 0.25) is 0 Å². The number of ether oxygens (including phenoxy) is 1. The Morgan fingerprint density at radius 3 is 3.18 bits per heavy atom. The van der Waals surface area contributed by atoms with E-state index in [0.717, 1.165) is 25.1 Å². The Morgan fingerprint density at radius 1 is 1.55 bits per heavy atom. The summed E-state index contributed by atoms with van der Waals surface area (Å²) in [4.78, 5) is 22.6. The average molecular weight is 302 g/mol. The molecule has 2 aromatic rings. The second kappa shape index (κ2) is 6.55. The first-order chi connectivity index (χ1) is 10.8. The quantitative estimate of drug-likeness (QED) is 0.837. The molecule has 7 heteroatoms. The van der Waals surface area contributed by atoms with Crippen LogP contribution in [0.25, 0.3) is 0 Å². The highest BCUT2D eigenvalue weighted by Crippen LogP contribution is 2.31. The Hall–Kier alpha value is -2.44. The van der Waals surface area contributed by atoms with Gasteiger partial charge in [-0.1, -0.05) is 0 Å². The monoisotopic (exact) mass is 302 g/mol. The summed E-state index contributed by atoms with van der Waals surface area (Å²) < 4.78 is 10.1. The molecule has 3 heterocycles. The van der Waals surface area contributed by atoms with Crippen molar-refractivity contribution in [3.05, 3.63) is 36.1 Å². The SMILES string of the molecule is COc1cc(CCC(=O)N2CCC[C@@H]2c2ccncn2)on1. The van der Waals surface area contributed by atoms with Crippen molar-refractivity contribution in [3.63, 3.8) is 0 Å². The summed E-state index contributed by atoms with van der Waals surface area (Å²) in [7, 11) is 1.53. The normalized spacial score (nSPS) is 17.7. The summed E-state index contributed by atoms with van der Waals surface area (Å²) in [6.45, 7) is 0.771. The first kappa shape index (κ1) is 14.5. The highest BCUT2D eigenvalue weighted by molar-refractivity contribution is 5.77. The van der Waals surface area contributed by atoms with E-state index in [0.29, 0.717) is 24.5 Å². The molecule has 1 amide bonds. The van der Waals surface area contributed by atoms with Crippen LogP contribution in [0, 0.1) is 0 Å². The third-order valence-corrected chi connectivity index (χ3v) is 3.85. The van der Waals surface area contributed by atoms with Crippen molar-refractivity contribution in [1.29, 1.82) is 0 Å². The van der Waals surface area contributed by atoms with Crippen molar-refractivity contribution in [1.82, 2.24) is 20.0 Å². The lowest BCUT2D eigenvalue weighted by Crippen LogP contribution is -2.31. The van der Waals surface area contributed by atoms with Gasteiger partial charge >= 0.3 is 0 Å². The number of aromatic nitrogens is 3. The van der Waals surface area contributed by atoms with Gasteiger partial charge in [-0.3, -0.25) is 4.79 Å². The fraction of sp³-hybridized carbons (Fsp3) is 0.467. The van der Waals surface area contributed by atoms with Gasteiger partial charge in [-0.25, -0.2) is 9.97 Å². The van der Waals surface area contributed by atoms with Crippen molar-refractivity contribution in [2.24, 2.45) is 0 Å². The molecule has 0 radical (unpaired) electrons. The van der Waals surface area contributed by atoms with Gasteiger partial charge in [-0.2, -0.15) is 0 Å². The summed E-state index contributed by atoms with van der Waals surface area (Å²) in [5.74, 6) is 1.20. The van der Waals surface area contributed by atoms with Crippen molar-refractivity contribution < 1.29 is 14.1 Å². The van der Waals surface area contributed by atoms with Crippen LogP contribution in [-0.2, 0) is 11.2 Å². The van der Waals surface area contributed by atoms with E-state index in [4.69, 9.17) is 9.26 Å². The number of rotatable bonds is 5. The maximum absolute atomic E-state index is 12.5. The van der Waals surface area contributed by atoms with Gasteiger partial charge in [0.25, 0.3) is 5.88 Å². The molecule has 1 aliphatic heterocycles. The van der Waals surface area contributed by atoms with Crippen LogP contribution in [0.4, 0.5) is 0 Å². The van der Waals surface area contributed by atoms with E-state index in [9.17, 15) is 4.79 Å². The Kier molecular flexibility index (Phi) is 4.32. The number of amides is 1. The largest absolute Gasteiger partial charge is 0.479 e. The zero-order valence-electron chi connectivity index (χ0n) is 12.4. The number of hydrogen-bond acceptors (Lipinski definition) is 6. The Labute approximate surface area is 128 Å². The van der Waals surface area contributed by atoms with Crippen LogP contribution < -0.4 is 4.74 Å². The molecule has 2 aromatic heterocycles. The van der Waals surface area contributed by atoms with Crippen molar-refractivity contribution >= 4 is 5.91 Å². The maximum atomic E-state index is 12.5. The lowest BCUT2D eigenvalue weighted by Gasteiger charge is -2.24. The average Bonchev–Trinajstić information content (AvgIpc) is 3.22. The molecule has 3 rings (SSSR count). The molecular formula is C15H18N4O3. The van der Waals surface area contributed by atoms with E-state index in [1.54, 1.807) is 12.3 Å². The molecule has 0 bridgehead atoms. The molecule has 22 heavy (non-hydrogen) atoms. The maximum Gasteiger partial charge on any atom is 0.254 e. The zero-order chi connectivity index (χ0) is 15.4. The molecule has 1 saturated heterocycles. The van der Waals surface area contributed by atoms with Gasteiger partial charge in [0.1, 0.15) is 12.1 Å². The molecule has 0 aliphatic carbocycles. The molecule has 0 aromatic carbocycles. The standard InChI is InChI=1S/C15H18N4O3/c1-21-14-9-11(22-18-14)4-5-15(20)19-8-2-3-13(19)12-6-7-16-10-17-12/h6-7,9-10,13H,2-5,8H2,1H3/t13-/m1/s1. The number of nitrogens with zero attached hydrogens (tertiary/aromatic N) is 4. The minimum atomic E-state index is 0.0553. The Balaban J connectivity index is 1.61. The van der Waals surface area contributed by atoms with Gasteiger partial charge in [-0.05, 0) is 24.1 Å². The molecule has 0 N–H and O–H groups in total. The van der Waals surface area contributed by atoms with Gasteiger partial charge in [0.05, 0.1) is 18.8 Å². The minimum Gasteiger partial charge on any atom is -0.479 e. The molecule has 0 unspecified atom stereocenters. The summed E-state index contributed by atoms with van der Waals surface area (Å²) in [6, 6.07) is 3.64. The molecule has 1 fully saturated rings. The van der Waals surface area contributed by atoms with Gasteiger partial charge in [0.15, 0.2) is 0 Å². The second-order valence-corrected chi connectivity index (χ2v) is 5.21. The molecule has 1 atom stereocenters. The van der Waals surface area contributed by atoms with Crippen LogP contribution in [0.3, 0.4) is 0 Å². The fourth-order valence-electron chi connectivity index (χ4n) is 2.75. The fourth-order valence-corrected chi connectivity index (χ4v) is 2.75. The van der Waals surface area contributed by atoms with Crippen molar-refractivity contribution in [3.8, 4) is 5.88 Å². The van der Waals surface area contributed by atoms with Crippen LogP contribution in [-0.4, -0.2) is 39.6 Å². The first-order valence-corrected chi connectivity index (χ1v) is 7.33. The molecule has 0 spiro atoms. The van der Waals surface area contributed by atoms with E-state index in [-0.39, 0.29) is 11.9 Å². The molecule has 116 valence electrons. The summed E-state index contributed by atoms with van der Waals surface area (Å²) >= 11 is 0. The highest BCUT2D eigenvalue weighted by atomic mass is 16.5. The zero-order valence-corrected chi connectivity index (χ0v) is 12.4. The number of carbonyl (C=O) groups is 1. The summed E-state index contributed by atoms with van der Waals surface area (Å²) in [5, 5.41) is 3.73. The Bertz CT molecular complexity index is 629. The lowest BCUT2D eigenvalue weighted by molar-refractivity contribution is -0.132. The van der Waals surface area contributed by atoms with Gasteiger partial charge in [0, 0.05) is 31.6 Å². The van der Waals surface area contributed by atoms with Crippen LogP contribution in [0.15, 0.2) is 29.2 Å². The predicted octanol–water partition coefficient (Wildman–Crippen LogP) is 1.77. The third-order valence-electron chi connectivity index (χ3n) is 3.85. The second-order valence-electron chi connectivity index (χ2n) is 5.21. The van der Waals surface area contributed by atoms with E-state index in [1.165, 1.54) is 13.4 Å². The topological polar surface area (TPSA) is 81.4 Å². The number of hydrogen-bond donors (Lipinski definition) is 0. The molecule has 0 saturated carbocycles. The van der Waals surface area contributed by atoms with E-state index < -0.39 is 0 Å². The predicted molar refractivity (Wildman–Crippen MR) is 77.1 cm³/mol. The van der Waals surface area contributed by atoms with E-state index in [2.05, 4.69) is 15.1 Å². The van der Waals surface area contributed by atoms with Crippen LogP contribution in [0.1, 0.15) is 36.8 Å². The Morgan fingerprint density at radius 2 is 2.45 bits per heavy atom. The van der Waals surface area contributed by atoms with Gasteiger partial charge in [0.2, 0.25) is 5.91 Å².